The Morgan fingerprint density at radius 2 is 1.62 bits per heavy atom. The van der Waals surface area contributed by atoms with E-state index in [1.165, 1.54) is 24.0 Å². The van der Waals surface area contributed by atoms with Gasteiger partial charge in [0.15, 0.2) is 18.9 Å². The second kappa shape index (κ2) is 5.40. The van der Waals surface area contributed by atoms with Gasteiger partial charge in [0, 0.05) is 5.56 Å². The molecular weight excluding hydrogens is 196 g/mol. The van der Waals surface area contributed by atoms with Crippen LogP contribution in [0.25, 0.3) is 0 Å². The van der Waals surface area contributed by atoms with Crippen LogP contribution in [-0.4, -0.2) is 4.98 Å². The van der Waals surface area contributed by atoms with E-state index in [0.29, 0.717) is 0 Å². The third-order valence-electron chi connectivity index (χ3n) is 2.62. The Balaban J connectivity index is 2.05. The third-order valence-corrected chi connectivity index (χ3v) is 2.62. The molecule has 1 heterocycles. The summed E-state index contributed by atoms with van der Waals surface area (Å²) in [5, 5.41) is 0. The molecule has 0 aliphatic rings. The standard InChI is InChI=1S/C14H17N2/c1-2-3-13-4-6-14(7-5-13)12-16-10-8-15-9-11-16/h4-11H,2-3,12H2,1H3/q+1. The van der Waals surface area contributed by atoms with Crippen molar-refractivity contribution in [3.05, 3.63) is 60.2 Å². The topological polar surface area (TPSA) is 16.8 Å². The number of nitrogens with zero attached hydrogens (tertiary/aromatic N) is 2. The minimum atomic E-state index is 0.912. The molecule has 82 valence electrons. The number of aromatic nitrogens is 2. The molecule has 0 bridgehead atoms. The van der Waals surface area contributed by atoms with Gasteiger partial charge in [0.05, 0.1) is 12.4 Å². The molecule has 2 rings (SSSR count). The van der Waals surface area contributed by atoms with Crippen LogP contribution < -0.4 is 4.57 Å². The minimum absolute atomic E-state index is 0.912. The van der Waals surface area contributed by atoms with Crippen LogP contribution in [0.2, 0.25) is 0 Å². The molecule has 2 heteroatoms. The van der Waals surface area contributed by atoms with E-state index in [1.807, 2.05) is 24.8 Å². The van der Waals surface area contributed by atoms with E-state index in [4.69, 9.17) is 0 Å². The average Bonchev–Trinajstić information content (AvgIpc) is 2.33. The molecule has 0 unspecified atom stereocenters. The van der Waals surface area contributed by atoms with Gasteiger partial charge < -0.3 is 0 Å². The molecular formula is C14H17N2+. The van der Waals surface area contributed by atoms with E-state index in [9.17, 15) is 0 Å². The van der Waals surface area contributed by atoms with Crippen LogP contribution in [0.5, 0.6) is 0 Å². The number of hydrogen-bond acceptors (Lipinski definition) is 1. The minimum Gasteiger partial charge on any atom is -0.252 e. The Morgan fingerprint density at radius 3 is 2.25 bits per heavy atom. The van der Waals surface area contributed by atoms with Crippen LogP contribution >= 0.6 is 0 Å². The summed E-state index contributed by atoms with van der Waals surface area (Å²) in [6, 6.07) is 8.86. The predicted molar refractivity (Wildman–Crippen MR) is 64.0 cm³/mol. The number of aryl methyl sites for hydroxylation is 1. The Bertz CT molecular complexity index is 420. The van der Waals surface area contributed by atoms with Gasteiger partial charge in [-0.25, -0.2) is 0 Å². The second-order valence-electron chi connectivity index (χ2n) is 3.98. The second-order valence-corrected chi connectivity index (χ2v) is 3.98. The molecule has 1 aromatic carbocycles. The van der Waals surface area contributed by atoms with E-state index in [1.54, 1.807) is 0 Å². The quantitative estimate of drug-likeness (QED) is 0.712. The highest BCUT2D eigenvalue weighted by atomic mass is 14.9. The lowest BCUT2D eigenvalue weighted by atomic mass is 10.1. The van der Waals surface area contributed by atoms with Gasteiger partial charge in [0.1, 0.15) is 0 Å². The molecule has 0 atom stereocenters. The van der Waals surface area contributed by atoms with Gasteiger partial charge in [0.2, 0.25) is 0 Å². The Hall–Kier alpha value is -1.70. The summed E-state index contributed by atoms with van der Waals surface area (Å²) >= 11 is 0. The Labute approximate surface area is 96.6 Å². The van der Waals surface area contributed by atoms with E-state index < -0.39 is 0 Å². The molecule has 0 radical (unpaired) electrons. The molecule has 0 fully saturated rings. The van der Waals surface area contributed by atoms with Gasteiger partial charge in [-0.2, -0.15) is 4.57 Å². The molecule has 1 aromatic heterocycles. The summed E-state index contributed by atoms with van der Waals surface area (Å²) in [4.78, 5) is 4.00. The molecule has 2 nitrogen and oxygen atoms in total. The first kappa shape index (κ1) is 10.8. The van der Waals surface area contributed by atoms with Crippen LogP contribution in [0.15, 0.2) is 49.1 Å². The summed E-state index contributed by atoms with van der Waals surface area (Å²) in [5.74, 6) is 0. The van der Waals surface area contributed by atoms with Crippen molar-refractivity contribution in [3.63, 3.8) is 0 Å². The molecule has 0 aliphatic heterocycles. The zero-order valence-corrected chi connectivity index (χ0v) is 9.63. The molecule has 0 N–H and O–H groups in total. The van der Waals surface area contributed by atoms with Crippen molar-refractivity contribution in [2.75, 3.05) is 0 Å². The summed E-state index contributed by atoms with van der Waals surface area (Å²) in [5.41, 5.74) is 2.75. The number of hydrogen-bond donors (Lipinski definition) is 0. The van der Waals surface area contributed by atoms with Crippen LogP contribution in [0.4, 0.5) is 0 Å². The van der Waals surface area contributed by atoms with E-state index >= 15 is 0 Å². The van der Waals surface area contributed by atoms with Gasteiger partial charge in [-0.3, -0.25) is 4.98 Å². The number of benzene rings is 1. The van der Waals surface area contributed by atoms with Gasteiger partial charge in [-0.15, -0.1) is 0 Å². The maximum atomic E-state index is 4.00. The summed E-state index contributed by atoms with van der Waals surface area (Å²) in [7, 11) is 0. The molecule has 0 aliphatic carbocycles. The molecule has 0 amide bonds. The highest BCUT2D eigenvalue weighted by Crippen LogP contribution is 2.06. The fraction of sp³-hybridized carbons (Fsp3) is 0.286. The summed E-state index contributed by atoms with van der Waals surface area (Å²) < 4.78 is 2.13. The summed E-state index contributed by atoms with van der Waals surface area (Å²) in [6.07, 6.45) is 9.97. The highest BCUT2D eigenvalue weighted by molar-refractivity contribution is 5.21. The molecule has 16 heavy (non-hydrogen) atoms. The fourth-order valence-electron chi connectivity index (χ4n) is 1.76. The average molecular weight is 213 g/mol. The van der Waals surface area contributed by atoms with Crippen molar-refractivity contribution in [2.24, 2.45) is 0 Å². The van der Waals surface area contributed by atoms with Gasteiger partial charge in [0.25, 0.3) is 0 Å². The first-order valence-electron chi connectivity index (χ1n) is 5.75. The van der Waals surface area contributed by atoms with E-state index in [-0.39, 0.29) is 0 Å². The van der Waals surface area contributed by atoms with Crippen molar-refractivity contribution >= 4 is 0 Å². The van der Waals surface area contributed by atoms with Crippen molar-refractivity contribution in [1.29, 1.82) is 0 Å². The van der Waals surface area contributed by atoms with E-state index in [2.05, 4.69) is 40.7 Å². The zero-order chi connectivity index (χ0) is 11.2. The van der Waals surface area contributed by atoms with Crippen molar-refractivity contribution in [3.8, 4) is 0 Å². The maximum Gasteiger partial charge on any atom is 0.187 e. The maximum absolute atomic E-state index is 4.00. The molecule has 2 aromatic rings. The lowest BCUT2D eigenvalue weighted by molar-refractivity contribution is -0.688. The Kier molecular flexibility index (Phi) is 3.65. The van der Waals surface area contributed by atoms with Crippen molar-refractivity contribution in [2.45, 2.75) is 26.3 Å². The SMILES string of the molecule is CCCc1ccc(C[n+]2ccncc2)cc1. The van der Waals surface area contributed by atoms with Crippen LogP contribution in [0, 0.1) is 0 Å². The number of rotatable bonds is 4. The lowest BCUT2D eigenvalue weighted by Gasteiger charge is -2.00. The van der Waals surface area contributed by atoms with Crippen molar-refractivity contribution in [1.82, 2.24) is 4.98 Å². The smallest absolute Gasteiger partial charge is 0.187 e. The van der Waals surface area contributed by atoms with Crippen LogP contribution in [-0.2, 0) is 13.0 Å². The van der Waals surface area contributed by atoms with Gasteiger partial charge >= 0.3 is 0 Å². The first-order valence-corrected chi connectivity index (χ1v) is 5.75. The van der Waals surface area contributed by atoms with Crippen molar-refractivity contribution < 1.29 is 4.57 Å². The Morgan fingerprint density at radius 1 is 1.00 bits per heavy atom. The molecule has 0 saturated carbocycles. The monoisotopic (exact) mass is 213 g/mol. The first-order chi connectivity index (χ1) is 7.88. The zero-order valence-electron chi connectivity index (χ0n) is 9.63. The largest absolute Gasteiger partial charge is 0.252 e. The van der Waals surface area contributed by atoms with Crippen LogP contribution in [0.1, 0.15) is 24.5 Å². The third kappa shape index (κ3) is 2.89. The van der Waals surface area contributed by atoms with Gasteiger partial charge in [-0.1, -0.05) is 37.6 Å². The van der Waals surface area contributed by atoms with Gasteiger partial charge in [-0.05, 0) is 12.0 Å². The predicted octanol–water partition coefficient (Wildman–Crippen LogP) is 2.37. The lowest BCUT2D eigenvalue weighted by Crippen LogP contribution is -2.33. The molecule has 0 saturated heterocycles. The van der Waals surface area contributed by atoms with Crippen LogP contribution in [0.3, 0.4) is 0 Å². The van der Waals surface area contributed by atoms with E-state index in [0.717, 1.165) is 6.54 Å². The summed E-state index contributed by atoms with van der Waals surface area (Å²) in [6.45, 7) is 3.12. The normalized spacial score (nSPS) is 10.3. The fourth-order valence-corrected chi connectivity index (χ4v) is 1.76. The molecule has 0 spiro atoms. The highest BCUT2D eigenvalue weighted by Gasteiger charge is 2.01.